The average molecular weight is 480 g/mol. The number of aromatic nitrogens is 1. The summed E-state index contributed by atoms with van der Waals surface area (Å²) in [7, 11) is 0. The molecule has 3 aromatic rings. The number of nitrogens with one attached hydrogen (secondary N) is 2. The first-order chi connectivity index (χ1) is 15.1. The van der Waals surface area contributed by atoms with Gasteiger partial charge in [-0.25, -0.2) is 0 Å². The molecule has 0 unspecified atom stereocenters. The molecule has 0 fully saturated rings. The highest BCUT2D eigenvalue weighted by Gasteiger charge is 2.32. The molecule has 5 nitrogen and oxygen atoms in total. The first-order valence-electron chi connectivity index (χ1n) is 9.00. The second kappa shape index (κ2) is 9.84. The lowest BCUT2D eigenvalue weighted by molar-refractivity contribution is -0.141. The van der Waals surface area contributed by atoms with Crippen LogP contribution in [0.2, 0.25) is 10.0 Å². The van der Waals surface area contributed by atoms with Gasteiger partial charge in [0.05, 0.1) is 0 Å². The average Bonchev–Trinajstić information content (AvgIpc) is 2.71. The van der Waals surface area contributed by atoms with Crippen molar-refractivity contribution in [3.8, 4) is 0 Å². The SMILES string of the molecule is O=C(Nc1cccc(Cl)c1)C(=Cc1ccc(C(F)(F)F)nc1)C(=O)Nc1cccc(Cl)c1. The van der Waals surface area contributed by atoms with E-state index in [9.17, 15) is 22.8 Å². The van der Waals surface area contributed by atoms with Crippen molar-refractivity contribution in [2.45, 2.75) is 6.18 Å². The Morgan fingerprint density at radius 3 is 1.78 bits per heavy atom. The molecule has 0 aliphatic heterocycles. The number of carbonyl (C=O) groups is 2. The van der Waals surface area contributed by atoms with Crippen LogP contribution in [0.4, 0.5) is 24.5 Å². The van der Waals surface area contributed by atoms with Gasteiger partial charge in [0.25, 0.3) is 11.8 Å². The number of hydrogen-bond donors (Lipinski definition) is 2. The third-order valence-corrected chi connectivity index (χ3v) is 4.51. The summed E-state index contributed by atoms with van der Waals surface area (Å²) >= 11 is 11.8. The zero-order chi connectivity index (χ0) is 23.3. The second-order valence-corrected chi connectivity index (χ2v) is 7.33. The van der Waals surface area contributed by atoms with E-state index in [4.69, 9.17) is 23.2 Å². The van der Waals surface area contributed by atoms with Crippen molar-refractivity contribution in [2.24, 2.45) is 0 Å². The van der Waals surface area contributed by atoms with Crippen LogP contribution in [-0.4, -0.2) is 16.8 Å². The lowest BCUT2D eigenvalue weighted by Gasteiger charge is -2.11. The van der Waals surface area contributed by atoms with Crippen molar-refractivity contribution in [1.82, 2.24) is 4.98 Å². The van der Waals surface area contributed by atoms with Crippen molar-refractivity contribution in [1.29, 1.82) is 0 Å². The number of benzene rings is 2. The largest absolute Gasteiger partial charge is 0.433 e. The minimum atomic E-state index is -4.61. The number of nitrogens with zero attached hydrogens (tertiary/aromatic N) is 1. The highest BCUT2D eigenvalue weighted by molar-refractivity contribution is 6.32. The summed E-state index contributed by atoms with van der Waals surface area (Å²) in [4.78, 5) is 29.0. The van der Waals surface area contributed by atoms with Crippen molar-refractivity contribution >= 4 is 52.5 Å². The lowest BCUT2D eigenvalue weighted by atomic mass is 10.1. The van der Waals surface area contributed by atoms with Crippen molar-refractivity contribution in [3.05, 3.63) is 93.7 Å². The van der Waals surface area contributed by atoms with Gasteiger partial charge in [0, 0.05) is 27.6 Å². The zero-order valence-electron chi connectivity index (χ0n) is 16.1. The number of rotatable bonds is 5. The first-order valence-corrected chi connectivity index (χ1v) is 9.76. The fourth-order valence-electron chi connectivity index (χ4n) is 2.59. The number of hydrogen-bond acceptors (Lipinski definition) is 3. The summed E-state index contributed by atoms with van der Waals surface area (Å²) in [5, 5.41) is 5.80. The Hall–Kier alpha value is -3.36. The monoisotopic (exact) mass is 479 g/mol. The van der Waals surface area contributed by atoms with Gasteiger partial charge in [-0.2, -0.15) is 13.2 Å². The molecule has 2 aromatic carbocycles. The summed E-state index contributed by atoms with van der Waals surface area (Å²) in [6.07, 6.45) is -2.56. The fourth-order valence-corrected chi connectivity index (χ4v) is 2.97. The van der Waals surface area contributed by atoms with E-state index in [0.717, 1.165) is 24.4 Å². The molecule has 0 aliphatic rings. The smallest absolute Gasteiger partial charge is 0.322 e. The van der Waals surface area contributed by atoms with Crippen LogP contribution >= 0.6 is 23.2 Å². The maximum Gasteiger partial charge on any atom is 0.433 e. The topological polar surface area (TPSA) is 71.1 Å². The standard InChI is InChI=1S/C22H14Cl2F3N3O2/c23-14-3-1-5-16(10-14)29-20(31)18(21(32)30-17-6-2-4-15(24)11-17)9-13-7-8-19(28-12-13)22(25,26)27/h1-12H,(H,29,31)(H,30,32). The molecule has 0 atom stereocenters. The van der Waals surface area contributed by atoms with Crippen LogP contribution in [-0.2, 0) is 15.8 Å². The molecule has 0 saturated carbocycles. The molecule has 164 valence electrons. The van der Waals surface area contributed by atoms with Crippen molar-refractivity contribution in [2.75, 3.05) is 10.6 Å². The van der Waals surface area contributed by atoms with Gasteiger partial charge in [-0.3, -0.25) is 14.6 Å². The van der Waals surface area contributed by atoms with E-state index >= 15 is 0 Å². The van der Waals surface area contributed by atoms with E-state index in [-0.39, 0.29) is 11.1 Å². The maximum absolute atomic E-state index is 12.8. The van der Waals surface area contributed by atoms with Gasteiger partial charge in [0.2, 0.25) is 0 Å². The normalized spacial score (nSPS) is 10.9. The van der Waals surface area contributed by atoms with Crippen LogP contribution in [0.1, 0.15) is 11.3 Å². The van der Waals surface area contributed by atoms with Crippen LogP contribution in [0.3, 0.4) is 0 Å². The van der Waals surface area contributed by atoms with E-state index in [1.165, 1.54) is 12.1 Å². The van der Waals surface area contributed by atoms with Crippen LogP contribution in [0.25, 0.3) is 6.08 Å². The second-order valence-electron chi connectivity index (χ2n) is 6.46. The molecule has 10 heteroatoms. The summed E-state index contributed by atoms with van der Waals surface area (Å²) in [5.41, 5.74) is -0.686. The Kier molecular flexibility index (Phi) is 7.17. The number of amides is 2. The van der Waals surface area contributed by atoms with Crippen LogP contribution in [0, 0.1) is 0 Å². The predicted octanol–water partition coefficient (Wildman–Crippen LogP) is 6.07. The molecular weight excluding hydrogens is 466 g/mol. The molecule has 0 aliphatic carbocycles. The molecule has 3 rings (SSSR count). The highest BCUT2D eigenvalue weighted by atomic mass is 35.5. The van der Waals surface area contributed by atoms with Crippen LogP contribution < -0.4 is 10.6 Å². The number of halogens is 5. The van der Waals surface area contributed by atoms with Gasteiger partial charge < -0.3 is 10.6 Å². The summed E-state index contributed by atoms with van der Waals surface area (Å²) in [5.74, 6) is -1.60. The molecule has 1 heterocycles. The van der Waals surface area contributed by atoms with Gasteiger partial charge in [0.15, 0.2) is 0 Å². The number of alkyl halides is 3. The first kappa shape index (κ1) is 23.3. The van der Waals surface area contributed by atoms with Crippen LogP contribution in [0.5, 0.6) is 0 Å². The Morgan fingerprint density at radius 2 is 1.38 bits per heavy atom. The summed E-state index contributed by atoms with van der Waals surface area (Å²) < 4.78 is 38.3. The van der Waals surface area contributed by atoms with Gasteiger partial charge in [-0.15, -0.1) is 0 Å². The van der Waals surface area contributed by atoms with E-state index in [1.54, 1.807) is 36.4 Å². The molecule has 0 bridgehead atoms. The quantitative estimate of drug-likeness (QED) is 0.265. The molecule has 2 amide bonds. The van der Waals surface area contributed by atoms with Gasteiger partial charge in [0.1, 0.15) is 11.3 Å². The lowest BCUT2D eigenvalue weighted by Crippen LogP contribution is -2.25. The molecular formula is C22H14Cl2F3N3O2. The van der Waals surface area contributed by atoms with E-state index in [1.807, 2.05) is 0 Å². The van der Waals surface area contributed by atoms with E-state index in [2.05, 4.69) is 15.6 Å². The molecule has 32 heavy (non-hydrogen) atoms. The highest BCUT2D eigenvalue weighted by Crippen LogP contribution is 2.27. The molecule has 0 radical (unpaired) electrons. The minimum absolute atomic E-state index is 0.121. The summed E-state index contributed by atoms with van der Waals surface area (Å²) in [6, 6.07) is 14.4. The Balaban J connectivity index is 1.93. The third kappa shape index (κ3) is 6.32. The predicted molar refractivity (Wildman–Crippen MR) is 117 cm³/mol. The minimum Gasteiger partial charge on any atom is -0.322 e. The maximum atomic E-state index is 12.8. The molecule has 2 N–H and O–H groups in total. The summed E-state index contributed by atoms with van der Waals surface area (Å²) in [6.45, 7) is 0. The van der Waals surface area contributed by atoms with Crippen molar-refractivity contribution in [3.63, 3.8) is 0 Å². The number of carbonyl (C=O) groups excluding carboxylic acids is 2. The van der Waals surface area contributed by atoms with Gasteiger partial charge in [-0.1, -0.05) is 41.4 Å². The van der Waals surface area contributed by atoms with Gasteiger partial charge >= 0.3 is 6.18 Å². The third-order valence-electron chi connectivity index (χ3n) is 4.04. The molecule has 0 spiro atoms. The van der Waals surface area contributed by atoms with E-state index in [0.29, 0.717) is 21.4 Å². The molecule has 0 saturated heterocycles. The number of pyridine rings is 1. The van der Waals surface area contributed by atoms with Crippen molar-refractivity contribution < 1.29 is 22.8 Å². The van der Waals surface area contributed by atoms with Gasteiger partial charge in [-0.05, 0) is 54.1 Å². The number of anilines is 2. The van der Waals surface area contributed by atoms with Crippen LogP contribution in [0.15, 0.2) is 72.4 Å². The fraction of sp³-hybridized carbons (Fsp3) is 0.0455. The Labute approximate surface area is 190 Å². The Bertz CT molecular complexity index is 1120. The Morgan fingerprint density at radius 1 is 0.844 bits per heavy atom. The zero-order valence-corrected chi connectivity index (χ0v) is 17.6. The van der Waals surface area contributed by atoms with E-state index < -0.39 is 23.7 Å². The molecule has 1 aromatic heterocycles.